The van der Waals surface area contributed by atoms with Gasteiger partial charge in [0, 0.05) is 5.56 Å². The van der Waals surface area contributed by atoms with E-state index >= 15 is 0 Å². The number of carbonyl (C=O) groups excluding carboxylic acids is 1. The summed E-state index contributed by atoms with van der Waals surface area (Å²) >= 11 is 0. The Morgan fingerprint density at radius 2 is 1.67 bits per heavy atom. The molecule has 3 rings (SSSR count). The quantitative estimate of drug-likeness (QED) is 0.747. The second kappa shape index (κ2) is 4.49. The van der Waals surface area contributed by atoms with Crippen molar-refractivity contribution in [3.8, 4) is 5.75 Å². The second-order valence-corrected chi connectivity index (χ2v) is 4.21. The predicted octanol–water partition coefficient (Wildman–Crippen LogP) is 3.40. The van der Waals surface area contributed by atoms with Gasteiger partial charge in [-0.1, -0.05) is 48.5 Å². The Morgan fingerprint density at radius 1 is 0.944 bits per heavy atom. The van der Waals surface area contributed by atoms with Crippen molar-refractivity contribution < 1.29 is 9.53 Å². The summed E-state index contributed by atoms with van der Waals surface area (Å²) in [5.74, 6) is 1.18. The minimum Gasteiger partial charge on any atom is -0.460 e. The number of rotatable bonds is 2. The molecule has 2 heteroatoms. The number of para-hydroxylation sites is 1. The van der Waals surface area contributed by atoms with Crippen LogP contribution in [-0.2, 0) is 4.79 Å². The van der Waals surface area contributed by atoms with Crippen molar-refractivity contribution in [1.82, 2.24) is 0 Å². The third kappa shape index (κ3) is 1.82. The molecule has 0 spiro atoms. The summed E-state index contributed by atoms with van der Waals surface area (Å²) in [5.41, 5.74) is 1.97. The lowest BCUT2D eigenvalue weighted by atomic mass is 9.99. The molecule has 1 aliphatic rings. The first-order chi connectivity index (χ1) is 8.88. The number of aldehydes is 1. The fourth-order valence-corrected chi connectivity index (χ4v) is 2.15. The van der Waals surface area contributed by atoms with Gasteiger partial charge in [0.2, 0.25) is 0 Å². The number of allylic oxidation sites excluding steroid dienone is 1. The monoisotopic (exact) mass is 236 g/mol. The molecule has 0 aliphatic carbocycles. The van der Waals surface area contributed by atoms with Crippen LogP contribution >= 0.6 is 0 Å². The molecule has 0 amide bonds. The molecule has 0 saturated heterocycles. The first-order valence-corrected chi connectivity index (χ1v) is 5.87. The fraction of sp³-hybridized carbons (Fsp3) is 0.0625. The van der Waals surface area contributed by atoms with Gasteiger partial charge in [0.25, 0.3) is 0 Å². The highest BCUT2D eigenvalue weighted by atomic mass is 16.5. The zero-order valence-corrected chi connectivity index (χ0v) is 9.74. The Morgan fingerprint density at radius 3 is 2.44 bits per heavy atom. The predicted molar refractivity (Wildman–Crippen MR) is 70.3 cm³/mol. The number of benzene rings is 2. The number of hydrogen-bond donors (Lipinski definition) is 0. The van der Waals surface area contributed by atoms with E-state index in [1.165, 1.54) is 0 Å². The van der Waals surface area contributed by atoms with Crippen molar-refractivity contribution in [1.29, 1.82) is 0 Å². The minimum absolute atomic E-state index is 0.290. The summed E-state index contributed by atoms with van der Waals surface area (Å²) in [4.78, 5) is 11.2. The van der Waals surface area contributed by atoms with Gasteiger partial charge in [-0.15, -0.1) is 0 Å². The lowest BCUT2D eigenvalue weighted by molar-refractivity contribution is -0.108. The van der Waals surface area contributed by atoms with E-state index in [9.17, 15) is 4.79 Å². The smallest absolute Gasteiger partial charge is 0.135 e. The highest BCUT2D eigenvalue weighted by Gasteiger charge is 2.28. The molecular weight excluding hydrogens is 224 g/mol. The maximum atomic E-state index is 11.2. The normalized spacial score (nSPS) is 19.3. The molecule has 2 aromatic carbocycles. The lowest BCUT2D eigenvalue weighted by Gasteiger charge is -2.03. The summed E-state index contributed by atoms with van der Waals surface area (Å²) in [5, 5.41) is 0. The zero-order chi connectivity index (χ0) is 12.4. The van der Waals surface area contributed by atoms with Gasteiger partial charge in [-0.3, -0.25) is 0 Å². The molecule has 2 aromatic rings. The molecule has 1 atom stereocenters. The van der Waals surface area contributed by atoms with Gasteiger partial charge in [0.05, 0.1) is 0 Å². The van der Waals surface area contributed by atoms with Gasteiger partial charge in [-0.05, 0) is 17.7 Å². The summed E-state index contributed by atoms with van der Waals surface area (Å²) in [6, 6.07) is 17.5. The standard InChI is InChI=1S/C16H12O2/c17-11-14-13-8-4-5-9-15(13)18-16(14)10-12-6-2-1-3-7-12/h1-11,14H. The summed E-state index contributed by atoms with van der Waals surface area (Å²) < 4.78 is 5.74. The molecule has 1 unspecified atom stereocenters. The van der Waals surface area contributed by atoms with Gasteiger partial charge >= 0.3 is 0 Å². The molecular formula is C16H12O2. The lowest BCUT2D eigenvalue weighted by Crippen LogP contribution is -1.99. The van der Waals surface area contributed by atoms with Crippen LogP contribution < -0.4 is 4.74 Å². The number of carbonyl (C=O) groups is 1. The van der Waals surface area contributed by atoms with Gasteiger partial charge in [-0.25, -0.2) is 0 Å². The van der Waals surface area contributed by atoms with E-state index < -0.39 is 0 Å². The van der Waals surface area contributed by atoms with E-state index in [0.29, 0.717) is 5.76 Å². The molecule has 0 N–H and O–H groups in total. The van der Waals surface area contributed by atoms with Crippen LogP contribution in [0.4, 0.5) is 0 Å². The van der Waals surface area contributed by atoms with E-state index in [0.717, 1.165) is 23.2 Å². The number of fused-ring (bicyclic) bond motifs is 1. The van der Waals surface area contributed by atoms with Crippen molar-refractivity contribution in [3.63, 3.8) is 0 Å². The van der Waals surface area contributed by atoms with E-state index in [1.54, 1.807) is 0 Å². The van der Waals surface area contributed by atoms with Gasteiger partial charge < -0.3 is 9.53 Å². The van der Waals surface area contributed by atoms with E-state index in [-0.39, 0.29) is 5.92 Å². The van der Waals surface area contributed by atoms with Crippen LogP contribution in [-0.4, -0.2) is 6.29 Å². The topological polar surface area (TPSA) is 26.3 Å². The first-order valence-electron chi connectivity index (χ1n) is 5.87. The van der Waals surface area contributed by atoms with Crippen molar-refractivity contribution in [2.24, 2.45) is 0 Å². The summed E-state index contributed by atoms with van der Waals surface area (Å²) in [6.45, 7) is 0. The Labute approximate surface area is 106 Å². The molecule has 0 aromatic heterocycles. The Kier molecular flexibility index (Phi) is 2.69. The Hall–Kier alpha value is -2.35. The molecule has 0 saturated carbocycles. The molecule has 0 fully saturated rings. The van der Waals surface area contributed by atoms with Crippen LogP contribution in [0.2, 0.25) is 0 Å². The molecule has 0 bridgehead atoms. The van der Waals surface area contributed by atoms with Crippen molar-refractivity contribution in [2.75, 3.05) is 0 Å². The SMILES string of the molecule is O=CC1C(=Cc2ccccc2)Oc2ccccc21. The summed E-state index contributed by atoms with van der Waals surface area (Å²) in [7, 11) is 0. The largest absolute Gasteiger partial charge is 0.460 e. The molecule has 88 valence electrons. The molecule has 0 radical (unpaired) electrons. The molecule has 1 aliphatic heterocycles. The zero-order valence-electron chi connectivity index (χ0n) is 9.74. The number of ether oxygens (including phenoxy) is 1. The first kappa shape index (κ1) is 10.8. The average Bonchev–Trinajstić information content (AvgIpc) is 2.77. The maximum absolute atomic E-state index is 11.2. The van der Waals surface area contributed by atoms with Gasteiger partial charge in [-0.2, -0.15) is 0 Å². The molecule has 1 heterocycles. The van der Waals surface area contributed by atoms with Crippen LogP contribution in [0, 0.1) is 0 Å². The van der Waals surface area contributed by atoms with Gasteiger partial charge in [0.15, 0.2) is 0 Å². The van der Waals surface area contributed by atoms with Crippen LogP contribution in [0.5, 0.6) is 5.75 Å². The van der Waals surface area contributed by atoms with Crippen LogP contribution in [0.3, 0.4) is 0 Å². The third-order valence-electron chi connectivity index (χ3n) is 3.03. The average molecular weight is 236 g/mol. The van der Waals surface area contributed by atoms with E-state index in [2.05, 4.69) is 0 Å². The van der Waals surface area contributed by atoms with Crippen LogP contribution in [0.1, 0.15) is 17.0 Å². The van der Waals surface area contributed by atoms with Crippen molar-refractivity contribution in [3.05, 3.63) is 71.5 Å². The van der Waals surface area contributed by atoms with Crippen molar-refractivity contribution >= 4 is 12.4 Å². The number of hydrogen-bond acceptors (Lipinski definition) is 2. The molecule has 18 heavy (non-hydrogen) atoms. The van der Waals surface area contributed by atoms with E-state index in [4.69, 9.17) is 4.74 Å². The highest BCUT2D eigenvalue weighted by molar-refractivity contribution is 5.75. The second-order valence-electron chi connectivity index (χ2n) is 4.21. The van der Waals surface area contributed by atoms with Crippen LogP contribution in [0.15, 0.2) is 60.4 Å². The van der Waals surface area contributed by atoms with Crippen molar-refractivity contribution in [2.45, 2.75) is 5.92 Å². The fourth-order valence-electron chi connectivity index (χ4n) is 2.15. The molecule has 2 nitrogen and oxygen atoms in total. The summed E-state index contributed by atoms with van der Waals surface area (Å²) in [6.07, 6.45) is 2.85. The maximum Gasteiger partial charge on any atom is 0.135 e. The third-order valence-corrected chi connectivity index (χ3v) is 3.03. The minimum atomic E-state index is -0.290. The van der Waals surface area contributed by atoms with Crippen LogP contribution in [0.25, 0.3) is 6.08 Å². The van der Waals surface area contributed by atoms with Gasteiger partial charge in [0.1, 0.15) is 23.7 Å². The Balaban J connectivity index is 2.01. The van der Waals surface area contributed by atoms with E-state index in [1.807, 2.05) is 60.7 Å². The highest BCUT2D eigenvalue weighted by Crippen LogP contribution is 2.39. The Bertz CT molecular complexity index is 600.